The number of unbranched alkanes of at least 4 members (excludes halogenated alkanes) is 24. The third-order valence-corrected chi connectivity index (χ3v) is 10.0. The molecule has 0 fully saturated rings. The Morgan fingerprint density at radius 3 is 1.16 bits per heavy atom. The Balaban J connectivity index is 4.39. The van der Waals surface area contributed by atoms with Crippen LogP contribution in [0.15, 0.2) is 0 Å². The third-order valence-electron chi connectivity index (χ3n) is 8.82. The SMILES string of the molecule is CCCCCCCCCCCCCCCC(=O)N(C(=O)CCCCCCCCCCCCCCC)[C@H](C=O)CSCC(O)CO. The van der Waals surface area contributed by atoms with E-state index >= 15 is 0 Å². The van der Waals surface area contributed by atoms with Crippen molar-refractivity contribution in [2.45, 2.75) is 206 Å². The summed E-state index contributed by atoms with van der Waals surface area (Å²) in [6.45, 7) is 4.16. The van der Waals surface area contributed by atoms with Crippen LogP contribution >= 0.6 is 11.8 Å². The van der Waals surface area contributed by atoms with Crippen LogP contribution in [0.3, 0.4) is 0 Å². The summed E-state index contributed by atoms with van der Waals surface area (Å²) < 4.78 is 0. The van der Waals surface area contributed by atoms with Crippen molar-refractivity contribution in [3.63, 3.8) is 0 Å². The summed E-state index contributed by atoms with van der Waals surface area (Å²) in [5.74, 6) is 0.000609. The molecule has 0 aromatic rings. The zero-order valence-corrected chi connectivity index (χ0v) is 30.4. The van der Waals surface area contributed by atoms with Crippen molar-refractivity contribution >= 4 is 29.9 Å². The molecule has 0 rings (SSSR count). The second kappa shape index (κ2) is 34.4. The van der Waals surface area contributed by atoms with Crippen LogP contribution in [0, 0.1) is 0 Å². The maximum Gasteiger partial charge on any atom is 0.229 e. The summed E-state index contributed by atoms with van der Waals surface area (Å²) in [6, 6.07) is -0.829. The van der Waals surface area contributed by atoms with Crippen molar-refractivity contribution in [2.24, 2.45) is 0 Å². The number of carbonyl (C=O) groups is 3. The van der Waals surface area contributed by atoms with Crippen LogP contribution in [0.25, 0.3) is 0 Å². The summed E-state index contributed by atoms with van der Waals surface area (Å²) in [5.41, 5.74) is 0. The van der Waals surface area contributed by atoms with Crippen molar-refractivity contribution in [3.8, 4) is 0 Å². The average Bonchev–Trinajstić information content (AvgIpc) is 3.04. The molecule has 0 saturated carbocycles. The van der Waals surface area contributed by atoms with E-state index in [1.807, 2.05) is 0 Å². The first kappa shape index (κ1) is 44.1. The van der Waals surface area contributed by atoms with Crippen LogP contribution in [0.1, 0.15) is 194 Å². The normalized spacial score (nSPS) is 12.7. The summed E-state index contributed by atoms with van der Waals surface area (Å²) in [4.78, 5) is 39.7. The highest BCUT2D eigenvalue weighted by Crippen LogP contribution is 2.18. The molecule has 0 aliphatic carbocycles. The molecule has 0 spiro atoms. The number of nitrogens with zero attached hydrogens (tertiary/aromatic N) is 1. The molecule has 6 nitrogen and oxygen atoms in total. The fourth-order valence-electron chi connectivity index (χ4n) is 5.89. The molecule has 0 aromatic heterocycles. The lowest BCUT2D eigenvalue weighted by Gasteiger charge is -2.27. The Morgan fingerprint density at radius 2 is 0.867 bits per heavy atom. The van der Waals surface area contributed by atoms with E-state index < -0.39 is 12.1 Å². The van der Waals surface area contributed by atoms with Crippen LogP contribution in [-0.2, 0) is 14.4 Å². The molecular formula is C38H73NO5S. The Kier molecular flexibility index (Phi) is 33.7. The minimum Gasteiger partial charge on any atom is -0.394 e. The number of aliphatic hydroxyl groups is 2. The number of aldehydes is 1. The molecule has 7 heteroatoms. The van der Waals surface area contributed by atoms with E-state index in [4.69, 9.17) is 5.11 Å². The summed E-state index contributed by atoms with van der Waals surface area (Å²) in [6.07, 6.45) is 32.3. The molecule has 2 atom stereocenters. The van der Waals surface area contributed by atoms with Crippen LogP contribution < -0.4 is 0 Å². The smallest absolute Gasteiger partial charge is 0.229 e. The van der Waals surface area contributed by atoms with Crippen molar-refractivity contribution in [1.29, 1.82) is 0 Å². The van der Waals surface area contributed by atoms with E-state index in [9.17, 15) is 19.5 Å². The second-order valence-electron chi connectivity index (χ2n) is 13.2. The van der Waals surface area contributed by atoms with Gasteiger partial charge < -0.3 is 15.0 Å². The van der Waals surface area contributed by atoms with Crippen LogP contribution in [0.4, 0.5) is 0 Å². The lowest BCUT2D eigenvalue weighted by Crippen LogP contribution is -2.47. The second-order valence-corrected chi connectivity index (χ2v) is 14.3. The predicted octanol–water partition coefficient (Wildman–Crippen LogP) is 9.96. The number of imide groups is 1. The van der Waals surface area contributed by atoms with Gasteiger partial charge in [-0.25, -0.2) is 0 Å². The summed E-state index contributed by atoms with van der Waals surface area (Å²) >= 11 is 1.29. The van der Waals surface area contributed by atoms with Crippen molar-refractivity contribution in [1.82, 2.24) is 4.90 Å². The first-order valence-corrected chi connectivity index (χ1v) is 20.3. The van der Waals surface area contributed by atoms with Crippen molar-refractivity contribution in [3.05, 3.63) is 0 Å². The topological polar surface area (TPSA) is 94.9 Å². The highest BCUT2D eigenvalue weighted by molar-refractivity contribution is 7.99. The molecule has 0 aromatic carbocycles. The van der Waals surface area contributed by atoms with Gasteiger partial charge in [0.2, 0.25) is 11.8 Å². The molecule has 2 N–H and O–H groups in total. The third kappa shape index (κ3) is 27.9. The van der Waals surface area contributed by atoms with Gasteiger partial charge in [0.05, 0.1) is 12.7 Å². The highest BCUT2D eigenvalue weighted by Gasteiger charge is 2.29. The van der Waals surface area contributed by atoms with E-state index in [-0.39, 0.29) is 42.8 Å². The lowest BCUT2D eigenvalue weighted by molar-refractivity contribution is -0.149. The Hall–Kier alpha value is -0.920. The monoisotopic (exact) mass is 656 g/mol. The zero-order valence-electron chi connectivity index (χ0n) is 29.6. The largest absolute Gasteiger partial charge is 0.394 e. The summed E-state index contributed by atoms with van der Waals surface area (Å²) in [7, 11) is 0. The van der Waals surface area contributed by atoms with Gasteiger partial charge in [0.1, 0.15) is 12.3 Å². The minimum absolute atomic E-state index is 0.245. The van der Waals surface area contributed by atoms with Gasteiger partial charge in [0.25, 0.3) is 0 Å². The van der Waals surface area contributed by atoms with Crippen molar-refractivity contribution in [2.75, 3.05) is 18.1 Å². The lowest BCUT2D eigenvalue weighted by atomic mass is 10.0. The maximum atomic E-state index is 13.2. The Bertz CT molecular complexity index is 635. The van der Waals surface area contributed by atoms with Gasteiger partial charge in [-0.2, -0.15) is 11.8 Å². The van der Waals surface area contributed by atoms with Gasteiger partial charge in [0.15, 0.2) is 0 Å². The van der Waals surface area contributed by atoms with Crippen molar-refractivity contribution < 1.29 is 24.6 Å². The quantitative estimate of drug-likeness (QED) is 0.0521. The number of hydrogen-bond acceptors (Lipinski definition) is 6. The fraction of sp³-hybridized carbons (Fsp3) is 0.921. The molecule has 45 heavy (non-hydrogen) atoms. The Morgan fingerprint density at radius 1 is 0.556 bits per heavy atom. The van der Waals surface area contributed by atoms with Gasteiger partial charge >= 0.3 is 0 Å². The predicted molar refractivity (Wildman–Crippen MR) is 193 cm³/mol. The molecule has 1 unspecified atom stereocenters. The molecule has 2 amide bonds. The van der Waals surface area contributed by atoms with Gasteiger partial charge in [0, 0.05) is 24.3 Å². The van der Waals surface area contributed by atoms with E-state index in [1.165, 1.54) is 145 Å². The molecule has 0 aliphatic heterocycles. The van der Waals surface area contributed by atoms with Crippen LogP contribution in [0.5, 0.6) is 0 Å². The van der Waals surface area contributed by atoms with Crippen LogP contribution in [-0.4, -0.2) is 63.5 Å². The first-order chi connectivity index (χ1) is 22.0. The molecule has 0 aliphatic rings. The number of rotatable bonds is 35. The highest BCUT2D eigenvalue weighted by atomic mass is 32.2. The number of aliphatic hydroxyl groups excluding tert-OH is 2. The van der Waals surface area contributed by atoms with E-state index in [2.05, 4.69) is 13.8 Å². The van der Waals surface area contributed by atoms with Gasteiger partial charge in [-0.3, -0.25) is 14.5 Å². The number of carbonyl (C=O) groups excluding carboxylic acids is 3. The number of thioether (sulfide) groups is 1. The van der Waals surface area contributed by atoms with Gasteiger partial charge in [-0.05, 0) is 12.8 Å². The average molecular weight is 656 g/mol. The first-order valence-electron chi connectivity index (χ1n) is 19.2. The molecular weight excluding hydrogens is 582 g/mol. The van der Waals surface area contributed by atoms with E-state index in [0.29, 0.717) is 6.29 Å². The standard InChI is InChI=1S/C38H73NO5S/c1-3-5-7-9-11-13-15-17-19-21-23-25-27-29-37(43)39(35(31-40)33-45-34-36(42)32-41)38(44)30-28-26-24-22-20-18-16-14-12-10-8-6-4-2/h31,35-36,41-42H,3-30,32-34H2,1-2H3/t35-,36?/m1/s1. The molecule has 0 saturated heterocycles. The van der Waals surface area contributed by atoms with Gasteiger partial charge in [-0.1, -0.05) is 168 Å². The fourth-order valence-corrected chi connectivity index (χ4v) is 6.87. The molecule has 0 heterocycles. The minimum atomic E-state index is -0.876. The molecule has 0 radical (unpaired) electrons. The number of hydrogen-bond donors (Lipinski definition) is 2. The van der Waals surface area contributed by atoms with Gasteiger partial charge in [-0.15, -0.1) is 0 Å². The van der Waals surface area contributed by atoms with E-state index in [0.717, 1.165) is 38.5 Å². The number of amides is 2. The molecule has 266 valence electrons. The van der Waals surface area contributed by atoms with E-state index in [1.54, 1.807) is 0 Å². The van der Waals surface area contributed by atoms with Crippen LogP contribution in [0.2, 0.25) is 0 Å². The zero-order chi connectivity index (χ0) is 33.2. The molecule has 0 bridgehead atoms. The maximum absolute atomic E-state index is 13.2. The Labute approximate surface area is 282 Å². The summed E-state index contributed by atoms with van der Waals surface area (Å²) in [5, 5.41) is 18.8.